The van der Waals surface area contributed by atoms with Crippen LogP contribution in [0, 0.1) is 10.1 Å². The van der Waals surface area contributed by atoms with Crippen LogP contribution in [-0.2, 0) is 17.9 Å². The van der Waals surface area contributed by atoms with Crippen LogP contribution in [-0.4, -0.2) is 28.1 Å². The molecule has 3 aromatic rings. The molecule has 2 amide bonds. The number of ether oxygens (including phenoxy) is 2. The Kier molecular flexibility index (Phi) is 7.83. The molecule has 184 valence electrons. The maximum atomic E-state index is 12.9. The largest absolute Gasteiger partial charge is 0.493 e. The summed E-state index contributed by atoms with van der Waals surface area (Å²) in [5.41, 5.74) is 1.56. The van der Waals surface area contributed by atoms with Crippen molar-refractivity contribution in [1.29, 1.82) is 0 Å². The molecule has 1 aliphatic rings. The minimum atomic E-state index is -0.540. The van der Waals surface area contributed by atoms with E-state index in [0.717, 1.165) is 22.2 Å². The predicted molar refractivity (Wildman–Crippen MR) is 138 cm³/mol. The lowest BCUT2D eigenvalue weighted by atomic mass is 10.1. The second-order valence-electron chi connectivity index (χ2n) is 7.60. The Morgan fingerprint density at radius 2 is 1.81 bits per heavy atom. The third kappa shape index (κ3) is 5.64. The van der Waals surface area contributed by atoms with Crippen LogP contribution in [0.25, 0.3) is 6.08 Å². The lowest BCUT2D eigenvalue weighted by Crippen LogP contribution is -2.27. The first kappa shape index (κ1) is 25.6. The van der Waals surface area contributed by atoms with Crippen LogP contribution in [0.2, 0.25) is 10.0 Å². The first-order valence-electron chi connectivity index (χ1n) is 10.5. The van der Waals surface area contributed by atoms with Crippen LogP contribution >= 0.6 is 35.0 Å². The molecule has 1 fully saturated rings. The van der Waals surface area contributed by atoms with Crippen molar-refractivity contribution in [1.82, 2.24) is 4.90 Å². The molecule has 0 radical (unpaired) electrons. The number of amides is 2. The van der Waals surface area contributed by atoms with Crippen LogP contribution in [0.3, 0.4) is 0 Å². The molecular weight excluding hydrogens is 527 g/mol. The highest BCUT2D eigenvalue weighted by molar-refractivity contribution is 8.18. The van der Waals surface area contributed by atoms with Crippen LogP contribution in [0.1, 0.15) is 16.7 Å². The van der Waals surface area contributed by atoms with Crippen molar-refractivity contribution in [2.75, 3.05) is 7.11 Å². The lowest BCUT2D eigenvalue weighted by molar-refractivity contribution is -0.385. The third-order valence-electron chi connectivity index (χ3n) is 5.25. The predicted octanol–water partition coefficient (Wildman–Crippen LogP) is 6.73. The molecule has 0 N–H and O–H groups in total. The number of hydrogen-bond acceptors (Lipinski definition) is 7. The zero-order valence-corrected chi connectivity index (χ0v) is 21.1. The molecule has 3 aromatic carbocycles. The molecule has 0 unspecified atom stereocenters. The van der Waals surface area contributed by atoms with Crippen molar-refractivity contribution >= 4 is 57.9 Å². The van der Waals surface area contributed by atoms with Crippen molar-refractivity contribution < 1.29 is 24.0 Å². The molecule has 0 atom stereocenters. The SMILES string of the molecule is COc1cc(/C=C2\SC(=O)N(Cc3ccccc3[N+](=O)[O-])C2=O)ccc1OCc1ccc(Cl)c(Cl)c1. The summed E-state index contributed by atoms with van der Waals surface area (Å²) in [7, 11) is 1.49. The van der Waals surface area contributed by atoms with E-state index in [-0.39, 0.29) is 29.3 Å². The zero-order chi connectivity index (χ0) is 25.8. The molecule has 0 spiro atoms. The van der Waals surface area contributed by atoms with Crippen molar-refractivity contribution in [2.45, 2.75) is 13.2 Å². The van der Waals surface area contributed by atoms with Gasteiger partial charge in [0.25, 0.3) is 16.8 Å². The fraction of sp³-hybridized carbons (Fsp3) is 0.120. The van der Waals surface area contributed by atoms with Gasteiger partial charge in [-0.05, 0) is 53.2 Å². The van der Waals surface area contributed by atoms with Crippen molar-refractivity contribution in [2.24, 2.45) is 0 Å². The number of rotatable bonds is 8. The van der Waals surface area contributed by atoms with E-state index >= 15 is 0 Å². The van der Waals surface area contributed by atoms with Crippen LogP contribution in [0.5, 0.6) is 11.5 Å². The van der Waals surface area contributed by atoms with Gasteiger partial charge in [0, 0.05) is 11.6 Å². The molecule has 0 aliphatic carbocycles. The monoisotopic (exact) mass is 544 g/mol. The van der Waals surface area contributed by atoms with Gasteiger partial charge in [0.2, 0.25) is 0 Å². The quantitative estimate of drug-likeness (QED) is 0.176. The molecule has 1 aliphatic heterocycles. The standard InChI is InChI=1S/C25H18Cl2N2O6S/c1-34-22-11-15(7-9-21(22)35-14-16-6-8-18(26)19(27)10-16)12-23-24(30)28(25(31)36-23)13-17-4-2-3-5-20(17)29(32)33/h2-12H,13-14H2,1H3/b23-12-. The Morgan fingerprint density at radius 3 is 2.53 bits per heavy atom. The van der Waals surface area contributed by atoms with Gasteiger partial charge >= 0.3 is 0 Å². The number of thioether (sulfide) groups is 1. The molecule has 1 saturated heterocycles. The first-order chi connectivity index (χ1) is 17.3. The topological polar surface area (TPSA) is 99.0 Å². The Hall–Kier alpha value is -3.53. The maximum absolute atomic E-state index is 12.9. The summed E-state index contributed by atoms with van der Waals surface area (Å²) < 4.78 is 11.3. The highest BCUT2D eigenvalue weighted by Crippen LogP contribution is 2.36. The van der Waals surface area contributed by atoms with E-state index in [1.807, 2.05) is 0 Å². The van der Waals surface area contributed by atoms with Gasteiger partial charge in [-0.3, -0.25) is 24.6 Å². The number of para-hydroxylation sites is 1. The summed E-state index contributed by atoms with van der Waals surface area (Å²) in [6.45, 7) is 0.0427. The summed E-state index contributed by atoms with van der Waals surface area (Å²) in [6, 6.07) is 16.3. The van der Waals surface area contributed by atoms with E-state index in [1.54, 1.807) is 48.5 Å². The van der Waals surface area contributed by atoms with Crippen molar-refractivity contribution in [3.8, 4) is 11.5 Å². The fourth-order valence-corrected chi connectivity index (χ4v) is 4.62. The van der Waals surface area contributed by atoms with Gasteiger partial charge in [0.15, 0.2) is 11.5 Å². The Morgan fingerprint density at radius 1 is 1.03 bits per heavy atom. The Bertz CT molecular complexity index is 1390. The van der Waals surface area contributed by atoms with E-state index in [1.165, 1.54) is 25.3 Å². The van der Waals surface area contributed by atoms with Crippen molar-refractivity contribution in [3.05, 3.63) is 102 Å². The number of halogens is 2. The number of carbonyl (C=O) groups excluding carboxylic acids is 2. The smallest absolute Gasteiger partial charge is 0.293 e. The highest BCUT2D eigenvalue weighted by Gasteiger charge is 2.36. The molecule has 0 aromatic heterocycles. The lowest BCUT2D eigenvalue weighted by Gasteiger charge is -2.13. The van der Waals surface area contributed by atoms with Crippen LogP contribution in [0.15, 0.2) is 65.6 Å². The molecule has 36 heavy (non-hydrogen) atoms. The van der Waals surface area contributed by atoms with E-state index < -0.39 is 16.1 Å². The minimum absolute atomic E-state index is 0.151. The maximum Gasteiger partial charge on any atom is 0.293 e. The van der Waals surface area contributed by atoms with Crippen LogP contribution in [0.4, 0.5) is 10.5 Å². The number of nitro groups is 1. The number of imide groups is 1. The minimum Gasteiger partial charge on any atom is -0.493 e. The summed E-state index contributed by atoms with van der Waals surface area (Å²) >= 11 is 12.8. The summed E-state index contributed by atoms with van der Waals surface area (Å²) in [5, 5.41) is 11.7. The van der Waals surface area contributed by atoms with E-state index in [9.17, 15) is 19.7 Å². The number of carbonyl (C=O) groups is 2. The highest BCUT2D eigenvalue weighted by atomic mass is 35.5. The van der Waals surface area contributed by atoms with Gasteiger partial charge in [0.1, 0.15) is 6.61 Å². The zero-order valence-electron chi connectivity index (χ0n) is 18.8. The Labute approximate surface area is 220 Å². The van der Waals surface area contributed by atoms with Gasteiger partial charge in [-0.1, -0.05) is 53.5 Å². The van der Waals surface area contributed by atoms with Gasteiger partial charge < -0.3 is 9.47 Å². The molecule has 8 nitrogen and oxygen atoms in total. The average molecular weight is 545 g/mol. The van der Waals surface area contributed by atoms with E-state index in [2.05, 4.69) is 0 Å². The first-order valence-corrected chi connectivity index (χ1v) is 12.1. The molecule has 0 bridgehead atoms. The Balaban J connectivity index is 1.50. The molecular formula is C25H18Cl2N2O6S. The fourth-order valence-electron chi connectivity index (χ4n) is 3.46. The summed E-state index contributed by atoms with van der Waals surface area (Å²) in [6.07, 6.45) is 1.57. The summed E-state index contributed by atoms with van der Waals surface area (Å²) in [4.78, 5) is 37.3. The molecule has 0 saturated carbocycles. The van der Waals surface area contributed by atoms with Gasteiger partial charge in [-0.2, -0.15) is 0 Å². The number of nitro benzene ring substituents is 1. The normalized spacial score (nSPS) is 14.4. The van der Waals surface area contributed by atoms with Crippen LogP contribution < -0.4 is 9.47 Å². The van der Waals surface area contributed by atoms with E-state index in [0.29, 0.717) is 27.1 Å². The van der Waals surface area contributed by atoms with Crippen molar-refractivity contribution in [3.63, 3.8) is 0 Å². The number of nitrogens with zero attached hydrogens (tertiary/aromatic N) is 2. The molecule has 11 heteroatoms. The van der Waals surface area contributed by atoms with E-state index in [4.69, 9.17) is 32.7 Å². The average Bonchev–Trinajstić information content (AvgIpc) is 3.12. The summed E-state index contributed by atoms with van der Waals surface area (Å²) in [5.74, 6) is 0.384. The van der Waals surface area contributed by atoms with Gasteiger partial charge in [-0.25, -0.2) is 0 Å². The third-order valence-corrected chi connectivity index (χ3v) is 6.90. The number of benzene rings is 3. The molecule has 4 rings (SSSR count). The van der Waals surface area contributed by atoms with Gasteiger partial charge in [0.05, 0.1) is 33.5 Å². The van der Waals surface area contributed by atoms with Gasteiger partial charge in [-0.15, -0.1) is 0 Å². The number of hydrogen-bond donors (Lipinski definition) is 0. The number of methoxy groups -OCH3 is 1. The molecule has 1 heterocycles. The second kappa shape index (κ2) is 11.0. The second-order valence-corrected chi connectivity index (χ2v) is 9.41.